The summed E-state index contributed by atoms with van der Waals surface area (Å²) in [4.78, 5) is 0. The highest BCUT2D eigenvalue weighted by Crippen LogP contribution is 2.46. The zero-order valence-corrected chi connectivity index (χ0v) is 10.9. The predicted molar refractivity (Wildman–Crippen MR) is 64.4 cm³/mol. The van der Waals surface area contributed by atoms with Gasteiger partial charge in [0.2, 0.25) is 0 Å². The Hall–Kier alpha value is 0.250. The third kappa shape index (κ3) is 2.88. The quantitative estimate of drug-likeness (QED) is 0.649. The topological polar surface area (TPSA) is 9.23 Å². The van der Waals surface area contributed by atoms with Crippen LogP contribution in [0.3, 0.4) is 0 Å². The fourth-order valence-corrected chi connectivity index (χ4v) is 3.68. The number of halogens is 1. The van der Waals surface area contributed by atoms with E-state index >= 15 is 0 Å². The van der Waals surface area contributed by atoms with E-state index in [1.807, 2.05) is 0 Å². The SMILES string of the molecule is CC1(CC2CCC(C)(C)O2)CCC(Cl)C1. The predicted octanol–water partition coefficient (Wildman–Crippen LogP) is 4.13. The van der Waals surface area contributed by atoms with Gasteiger partial charge in [0.05, 0.1) is 11.7 Å². The van der Waals surface area contributed by atoms with Gasteiger partial charge in [-0.25, -0.2) is 0 Å². The highest BCUT2D eigenvalue weighted by Gasteiger charge is 2.40. The van der Waals surface area contributed by atoms with Gasteiger partial charge in [-0.05, 0) is 57.8 Å². The van der Waals surface area contributed by atoms with E-state index in [1.165, 1.54) is 38.5 Å². The Bertz CT molecular complexity index is 239. The second-order valence-corrected chi connectivity index (χ2v) is 7.01. The van der Waals surface area contributed by atoms with Crippen molar-refractivity contribution in [3.63, 3.8) is 0 Å². The molecule has 3 unspecified atom stereocenters. The zero-order valence-electron chi connectivity index (χ0n) is 10.2. The maximum absolute atomic E-state index is 6.20. The summed E-state index contributed by atoms with van der Waals surface area (Å²) < 4.78 is 6.07. The van der Waals surface area contributed by atoms with Crippen LogP contribution in [-0.4, -0.2) is 17.1 Å². The molecule has 1 saturated heterocycles. The van der Waals surface area contributed by atoms with Gasteiger partial charge in [-0.1, -0.05) is 6.92 Å². The van der Waals surface area contributed by atoms with Gasteiger partial charge in [0.15, 0.2) is 0 Å². The van der Waals surface area contributed by atoms with Crippen LogP contribution in [0.15, 0.2) is 0 Å². The van der Waals surface area contributed by atoms with Crippen LogP contribution in [0, 0.1) is 5.41 Å². The van der Waals surface area contributed by atoms with Crippen molar-refractivity contribution in [3.8, 4) is 0 Å². The van der Waals surface area contributed by atoms with E-state index in [4.69, 9.17) is 16.3 Å². The van der Waals surface area contributed by atoms with Crippen LogP contribution in [0.2, 0.25) is 0 Å². The minimum absolute atomic E-state index is 0.111. The van der Waals surface area contributed by atoms with Gasteiger partial charge < -0.3 is 4.74 Å². The summed E-state index contributed by atoms with van der Waals surface area (Å²) in [6.45, 7) is 6.78. The maximum Gasteiger partial charge on any atom is 0.0631 e. The number of alkyl halides is 1. The summed E-state index contributed by atoms with van der Waals surface area (Å²) in [5, 5.41) is 0.407. The Morgan fingerprint density at radius 3 is 2.40 bits per heavy atom. The van der Waals surface area contributed by atoms with Crippen LogP contribution < -0.4 is 0 Å². The third-order valence-corrected chi connectivity index (χ3v) is 4.42. The molecule has 0 radical (unpaired) electrons. The lowest BCUT2D eigenvalue weighted by Gasteiger charge is -2.28. The van der Waals surface area contributed by atoms with E-state index in [0.29, 0.717) is 16.9 Å². The van der Waals surface area contributed by atoms with Crippen molar-refractivity contribution < 1.29 is 4.74 Å². The molecular formula is C13H23ClO. The van der Waals surface area contributed by atoms with Gasteiger partial charge in [0.25, 0.3) is 0 Å². The molecule has 0 spiro atoms. The highest BCUT2D eigenvalue weighted by atomic mass is 35.5. The van der Waals surface area contributed by atoms with E-state index in [-0.39, 0.29) is 5.60 Å². The number of rotatable bonds is 2. The molecule has 2 fully saturated rings. The molecule has 0 aromatic carbocycles. The average molecular weight is 231 g/mol. The highest BCUT2D eigenvalue weighted by molar-refractivity contribution is 6.20. The van der Waals surface area contributed by atoms with E-state index < -0.39 is 0 Å². The minimum atomic E-state index is 0.111. The van der Waals surface area contributed by atoms with Crippen LogP contribution in [0.25, 0.3) is 0 Å². The van der Waals surface area contributed by atoms with Crippen LogP contribution >= 0.6 is 11.6 Å². The Labute approximate surface area is 98.5 Å². The van der Waals surface area contributed by atoms with Crippen molar-refractivity contribution in [2.75, 3.05) is 0 Å². The third-order valence-electron chi connectivity index (χ3n) is 4.05. The molecule has 2 heteroatoms. The summed E-state index contributed by atoms with van der Waals surface area (Å²) in [7, 11) is 0. The molecule has 0 aromatic rings. The molecule has 0 amide bonds. The molecule has 1 aliphatic heterocycles. The standard InChI is InChI=1S/C13H23ClO/c1-12(2)6-5-11(15-12)9-13(3)7-4-10(14)8-13/h10-11H,4-9H2,1-3H3. The summed E-state index contributed by atoms with van der Waals surface area (Å²) in [5.74, 6) is 0. The average Bonchev–Trinajstić information content (AvgIpc) is 2.56. The molecule has 0 bridgehead atoms. The first-order valence-electron chi connectivity index (χ1n) is 6.21. The minimum Gasteiger partial charge on any atom is -0.372 e. The molecule has 1 heterocycles. The van der Waals surface area contributed by atoms with Crippen LogP contribution in [0.1, 0.15) is 59.3 Å². The molecule has 1 nitrogen and oxygen atoms in total. The van der Waals surface area contributed by atoms with Crippen LogP contribution in [-0.2, 0) is 4.74 Å². The van der Waals surface area contributed by atoms with Gasteiger partial charge in [-0.15, -0.1) is 11.6 Å². The van der Waals surface area contributed by atoms with E-state index in [1.54, 1.807) is 0 Å². The fraction of sp³-hybridized carbons (Fsp3) is 1.00. The van der Waals surface area contributed by atoms with Crippen molar-refractivity contribution in [3.05, 3.63) is 0 Å². The van der Waals surface area contributed by atoms with E-state index in [0.717, 1.165) is 0 Å². The zero-order chi connectivity index (χ0) is 11.1. The lowest BCUT2D eigenvalue weighted by molar-refractivity contribution is -0.0330. The first-order valence-corrected chi connectivity index (χ1v) is 6.64. The number of hydrogen-bond acceptors (Lipinski definition) is 1. The largest absolute Gasteiger partial charge is 0.372 e. The lowest BCUT2D eigenvalue weighted by atomic mass is 9.82. The molecule has 0 N–H and O–H groups in total. The van der Waals surface area contributed by atoms with Crippen molar-refractivity contribution >= 4 is 11.6 Å². The van der Waals surface area contributed by atoms with Crippen LogP contribution in [0.5, 0.6) is 0 Å². The van der Waals surface area contributed by atoms with Gasteiger partial charge in [0.1, 0.15) is 0 Å². The molecule has 1 aliphatic carbocycles. The van der Waals surface area contributed by atoms with Gasteiger partial charge in [-0.2, -0.15) is 0 Å². The lowest BCUT2D eigenvalue weighted by Crippen LogP contribution is -2.25. The van der Waals surface area contributed by atoms with Crippen LogP contribution in [0.4, 0.5) is 0 Å². The molecule has 88 valence electrons. The molecule has 3 atom stereocenters. The van der Waals surface area contributed by atoms with E-state index in [2.05, 4.69) is 20.8 Å². The maximum atomic E-state index is 6.20. The second kappa shape index (κ2) is 3.92. The molecule has 2 aliphatic rings. The summed E-state index contributed by atoms with van der Waals surface area (Å²) >= 11 is 6.20. The first kappa shape index (κ1) is 11.7. The summed E-state index contributed by atoms with van der Waals surface area (Å²) in [6, 6.07) is 0. The van der Waals surface area contributed by atoms with Crippen molar-refractivity contribution in [1.82, 2.24) is 0 Å². The monoisotopic (exact) mass is 230 g/mol. The Morgan fingerprint density at radius 2 is 1.93 bits per heavy atom. The van der Waals surface area contributed by atoms with Gasteiger partial charge in [0, 0.05) is 5.38 Å². The van der Waals surface area contributed by atoms with Gasteiger partial charge in [-0.3, -0.25) is 0 Å². The van der Waals surface area contributed by atoms with Gasteiger partial charge >= 0.3 is 0 Å². The Morgan fingerprint density at radius 1 is 1.20 bits per heavy atom. The van der Waals surface area contributed by atoms with E-state index in [9.17, 15) is 0 Å². The smallest absolute Gasteiger partial charge is 0.0631 e. The normalized spacial score (nSPS) is 44.8. The Kier molecular flexibility index (Phi) is 3.07. The second-order valence-electron chi connectivity index (χ2n) is 6.39. The molecule has 0 aromatic heterocycles. The fourth-order valence-electron chi connectivity index (χ4n) is 3.20. The molecule has 1 saturated carbocycles. The summed E-state index contributed by atoms with van der Waals surface area (Å²) in [6.07, 6.45) is 7.77. The first-order chi connectivity index (χ1) is 6.89. The summed E-state index contributed by atoms with van der Waals surface area (Å²) in [5.41, 5.74) is 0.553. The number of hydrogen-bond donors (Lipinski definition) is 0. The van der Waals surface area contributed by atoms with Crippen molar-refractivity contribution in [2.45, 2.75) is 76.4 Å². The Balaban J connectivity index is 1.87. The van der Waals surface area contributed by atoms with Crippen molar-refractivity contribution in [1.29, 1.82) is 0 Å². The molecule has 2 rings (SSSR count). The molecular weight excluding hydrogens is 208 g/mol. The molecule has 15 heavy (non-hydrogen) atoms. The number of ether oxygens (including phenoxy) is 1. The van der Waals surface area contributed by atoms with Crippen molar-refractivity contribution in [2.24, 2.45) is 5.41 Å².